The smallest absolute Gasteiger partial charge is 0.129 e. The van der Waals surface area contributed by atoms with E-state index in [1.165, 1.54) is 25.7 Å². The van der Waals surface area contributed by atoms with Crippen molar-refractivity contribution in [2.24, 2.45) is 5.92 Å². The molecule has 0 bridgehead atoms. The Morgan fingerprint density at radius 3 is 2.67 bits per heavy atom. The second kappa shape index (κ2) is 8.00. The Bertz CT molecular complexity index is 442. The molecule has 1 aliphatic carbocycles. The normalized spacial score (nSPS) is 15.9. The molecule has 0 saturated heterocycles. The van der Waals surface area contributed by atoms with Gasteiger partial charge in [0.05, 0.1) is 10.7 Å². The van der Waals surface area contributed by atoms with Gasteiger partial charge in [-0.1, -0.05) is 38.3 Å². The van der Waals surface area contributed by atoms with Gasteiger partial charge >= 0.3 is 0 Å². The third-order valence-corrected chi connectivity index (χ3v) is 4.49. The van der Waals surface area contributed by atoms with Crippen LogP contribution in [0.25, 0.3) is 0 Å². The molecule has 0 spiro atoms. The van der Waals surface area contributed by atoms with Crippen molar-refractivity contribution in [1.82, 2.24) is 10.3 Å². The molecule has 0 radical (unpaired) electrons. The van der Waals surface area contributed by atoms with Crippen molar-refractivity contribution >= 4 is 17.4 Å². The van der Waals surface area contributed by atoms with Crippen LogP contribution in [0.15, 0.2) is 12.1 Å². The van der Waals surface area contributed by atoms with E-state index in [9.17, 15) is 0 Å². The summed E-state index contributed by atoms with van der Waals surface area (Å²) in [6, 6.07) is 4.71. The lowest BCUT2D eigenvalue weighted by atomic mass is 10.2. The summed E-state index contributed by atoms with van der Waals surface area (Å²) < 4.78 is 0. The highest BCUT2D eigenvalue weighted by Gasteiger charge is 2.22. The van der Waals surface area contributed by atoms with Gasteiger partial charge in [0.15, 0.2) is 0 Å². The van der Waals surface area contributed by atoms with Gasteiger partial charge in [-0.15, -0.1) is 0 Å². The number of hydrogen-bond donors (Lipinski definition) is 1. The van der Waals surface area contributed by atoms with E-state index in [0.29, 0.717) is 12.0 Å². The van der Waals surface area contributed by atoms with Gasteiger partial charge in [-0.25, -0.2) is 4.98 Å². The summed E-state index contributed by atoms with van der Waals surface area (Å²) in [5, 5.41) is 4.19. The van der Waals surface area contributed by atoms with Crippen molar-refractivity contribution in [3.63, 3.8) is 0 Å². The molecule has 0 unspecified atom stereocenters. The highest BCUT2D eigenvalue weighted by atomic mass is 35.5. The van der Waals surface area contributed by atoms with Crippen molar-refractivity contribution in [3.05, 3.63) is 22.8 Å². The van der Waals surface area contributed by atoms with Crippen LogP contribution in [0.4, 0.5) is 5.82 Å². The summed E-state index contributed by atoms with van der Waals surface area (Å²) in [6.45, 7) is 9.37. The lowest BCUT2D eigenvalue weighted by Crippen LogP contribution is -2.34. The molecule has 0 aromatic carbocycles. The van der Waals surface area contributed by atoms with E-state index < -0.39 is 0 Å². The first-order valence-corrected chi connectivity index (χ1v) is 8.62. The van der Waals surface area contributed by atoms with Crippen molar-refractivity contribution in [3.8, 4) is 0 Å². The summed E-state index contributed by atoms with van der Waals surface area (Å²) in [6.07, 6.45) is 5.27. The molecule has 21 heavy (non-hydrogen) atoms. The number of anilines is 1. The Labute approximate surface area is 134 Å². The maximum atomic E-state index is 6.30. The van der Waals surface area contributed by atoms with Gasteiger partial charge < -0.3 is 10.2 Å². The predicted molar refractivity (Wildman–Crippen MR) is 91.1 cm³/mol. The largest absolute Gasteiger partial charge is 0.354 e. The average molecular weight is 310 g/mol. The number of pyridine rings is 1. The highest BCUT2D eigenvalue weighted by molar-refractivity contribution is 6.31. The second-order valence-corrected chi connectivity index (χ2v) is 6.75. The van der Waals surface area contributed by atoms with Crippen LogP contribution in [0.2, 0.25) is 5.02 Å². The number of aromatic nitrogens is 1. The number of nitrogens with one attached hydrogen (secondary N) is 1. The van der Waals surface area contributed by atoms with Gasteiger partial charge in [-0.05, 0) is 44.4 Å². The van der Waals surface area contributed by atoms with Crippen LogP contribution in [0.1, 0.15) is 52.1 Å². The van der Waals surface area contributed by atoms with E-state index in [0.717, 1.165) is 36.2 Å². The van der Waals surface area contributed by atoms with E-state index in [-0.39, 0.29) is 0 Å². The minimum atomic E-state index is 0.637. The number of hydrogen-bond acceptors (Lipinski definition) is 3. The Hall–Kier alpha value is -0.800. The van der Waals surface area contributed by atoms with Gasteiger partial charge in [-0.2, -0.15) is 0 Å². The van der Waals surface area contributed by atoms with Gasteiger partial charge in [0.2, 0.25) is 0 Å². The second-order valence-electron chi connectivity index (χ2n) is 6.35. The van der Waals surface area contributed by atoms with Gasteiger partial charge in [-0.3, -0.25) is 0 Å². The molecule has 1 heterocycles. The van der Waals surface area contributed by atoms with E-state index in [1.807, 2.05) is 6.07 Å². The standard InChI is InChI=1S/C17H28ClN3/c1-4-21(14-7-5-6-8-14)17-10-9-15(18)16(20-17)12-19-11-13(2)3/h9-10,13-14,19H,4-8,11-12H2,1-3H3. The lowest BCUT2D eigenvalue weighted by Gasteiger charge is -2.29. The SMILES string of the molecule is CCN(c1ccc(Cl)c(CNCC(C)C)n1)C1CCCC1. The van der Waals surface area contributed by atoms with Crippen LogP contribution in [0.3, 0.4) is 0 Å². The fourth-order valence-electron chi connectivity index (χ4n) is 3.06. The molecule has 2 rings (SSSR count). The number of rotatable bonds is 7. The van der Waals surface area contributed by atoms with Crippen molar-refractivity contribution in [2.45, 2.75) is 59.0 Å². The molecule has 1 saturated carbocycles. The summed E-state index contributed by atoms with van der Waals surface area (Å²) in [4.78, 5) is 7.26. The lowest BCUT2D eigenvalue weighted by molar-refractivity contribution is 0.547. The summed E-state index contributed by atoms with van der Waals surface area (Å²) >= 11 is 6.30. The summed E-state index contributed by atoms with van der Waals surface area (Å²) in [5.41, 5.74) is 0.964. The Kier molecular flexibility index (Phi) is 6.31. The first kappa shape index (κ1) is 16.6. The fraction of sp³-hybridized carbons (Fsp3) is 0.706. The van der Waals surface area contributed by atoms with E-state index in [1.54, 1.807) is 0 Å². The van der Waals surface area contributed by atoms with Crippen LogP contribution in [0, 0.1) is 5.92 Å². The van der Waals surface area contributed by atoms with Crippen LogP contribution in [-0.2, 0) is 6.54 Å². The molecule has 0 aliphatic heterocycles. The highest BCUT2D eigenvalue weighted by Crippen LogP contribution is 2.28. The van der Waals surface area contributed by atoms with Crippen molar-refractivity contribution in [2.75, 3.05) is 18.0 Å². The molecule has 1 fully saturated rings. The molecule has 0 atom stereocenters. The van der Waals surface area contributed by atoms with Crippen molar-refractivity contribution in [1.29, 1.82) is 0 Å². The summed E-state index contributed by atoms with van der Waals surface area (Å²) in [5.74, 6) is 1.72. The predicted octanol–water partition coefficient (Wildman–Crippen LogP) is 4.25. The molecule has 1 N–H and O–H groups in total. The molecule has 1 aliphatic rings. The van der Waals surface area contributed by atoms with Crippen molar-refractivity contribution < 1.29 is 0 Å². The minimum Gasteiger partial charge on any atom is -0.354 e. The topological polar surface area (TPSA) is 28.2 Å². The number of nitrogens with zero attached hydrogens (tertiary/aromatic N) is 2. The van der Waals surface area contributed by atoms with E-state index in [2.05, 4.69) is 37.1 Å². The number of halogens is 1. The zero-order valence-electron chi connectivity index (χ0n) is 13.5. The Morgan fingerprint density at radius 2 is 2.05 bits per heavy atom. The van der Waals surface area contributed by atoms with Crippen LogP contribution in [0.5, 0.6) is 0 Å². The molecule has 1 aromatic heterocycles. The van der Waals surface area contributed by atoms with E-state index >= 15 is 0 Å². The Balaban J connectivity index is 2.08. The van der Waals surface area contributed by atoms with Crippen LogP contribution in [-0.4, -0.2) is 24.1 Å². The minimum absolute atomic E-state index is 0.637. The van der Waals surface area contributed by atoms with Gasteiger partial charge in [0.25, 0.3) is 0 Å². The van der Waals surface area contributed by atoms with E-state index in [4.69, 9.17) is 16.6 Å². The first-order valence-electron chi connectivity index (χ1n) is 8.24. The molecule has 1 aromatic rings. The molecular formula is C17H28ClN3. The van der Waals surface area contributed by atoms with Gasteiger partial charge in [0.1, 0.15) is 5.82 Å². The third-order valence-electron chi connectivity index (χ3n) is 4.15. The van der Waals surface area contributed by atoms with Crippen LogP contribution < -0.4 is 10.2 Å². The molecule has 3 nitrogen and oxygen atoms in total. The molecule has 4 heteroatoms. The monoisotopic (exact) mass is 309 g/mol. The van der Waals surface area contributed by atoms with Crippen LogP contribution >= 0.6 is 11.6 Å². The zero-order valence-corrected chi connectivity index (χ0v) is 14.3. The maximum absolute atomic E-state index is 6.30. The maximum Gasteiger partial charge on any atom is 0.129 e. The van der Waals surface area contributed by atoms with Gasteiger partial charge in [0, 0.05) is 19.1 Å². The first-order chi connectivity index (χ1) is 10.1. The Morgan fingerprint density at radius 1 is 1.33 bits per heavy atom. The molecular weight excluding hydrogens is 282 g/mol. The quantitative estimate of drug-likeness (QED) is 0.816. The zero-order chi connectivity index (χ0) is 15.2. The fourth-order valence-corrected chi connectivity index (χ4v) is 3.23. The molecule has 0 amide bonds. The molecule has 118 valence electrons. The average Bonchev–Trinajstić information content (AvgIpc) is 2.96. The third kappa shape index (κ3) is 4.58. The summed E-state index contributed by atoms with van der Waals surface area (Å²) in [7, 11) is 0.